The Balaban J connectivity index is 1.26. The lowest BCUT2D eigenvalue weighted by Gasteiger charge is -2.31. The number of nitrogens with two attached hydrogens (primary N) is 1. The number of fused-ring (bicyclic) bond motifs is 1. The van der Waals surface area contributed by atoms with Crippen molar-refractivity contribution in [3.63, 3.8) is 0 Å². The molecule has 1 fully saturated rings. The highest BCUT2D eigenvalue weighted by molar-refractivity contribution is 5.97. The van der Waals surface area contributed by atoms with E-state index in [9.17, 15) is 9.59 Å². The van der Waals surface area contributed by atoms with Crippen LogP contribution in [0.15, 0.2) is 54.7 Å². The first kappa shape index (κ1) is 25.9. The number of aryl methyl sites for hydroxylation is 1. The zero-order valence-corrected chi connectivity index (χ0v) is 22.3. The highest BCUT2D eigenvalue weighted by Gasteiger charge is 2.30. The Bertz CT molecular complexity index is 1350. The van der Waals surface area contributed by atoms with Gasteiger partial charge in [0.25, 0.3) is 11.8 Å². The molecule has 198 valence electrons. The van der Waals surface area contributed by atoms with Gasteiger partial charge in [0.15, 0.2) is 11.5 Å². The van der Waals surface area contributed by atoms with Crippen LogP contribution in [0.25, 0.3) is 11.3 Å². The molecule has 1 aromatic heterocycles. The average Bonchev–Trinajstić information content (AvgIpc) is 3.55. The average molecular weight is 513 g/mol. The van der Waals surface area contributed by atoms with Crippen molar-refractivity contribution >= 4 is 17.6 Å². The number of hydrogen-bond acceptors (Lipinski definition) is 6. The summed E-state index contributed by atoms with van der Waals surface area (Å²) >= 11 is 0. The van der Waals surface area contributed by atoms with E-state index in [1.54, 1.807) is 12.1 Å². The van der Waals surface area contributed by atoms with Crippen LogP contribution in [-0.2, 0) is 6.42 Å². The lowest BCUT2D eigenvalue weighted by molar-refractivity contribution is 0.0930. The summed E-state index contributed by atoms with van der Waals surface area (Å²) in [5.74, 6) is -0.00371. The molecule has 0 unspecified atom stereocenters. The van der Waals surface area contributed by atoms with Gasteiger partial charge in [0, 0.05) is 29.8 Å². The van der Waals surface area contributed by atoms with E-state index in [4.69, 9.17) is 5.73 Å². The van der Waals surface area contributed by atoms with Gasteiger partial charge in [-0.05, 0) is 75.8 Å². The maximum absolute atomic E-state index is 13.1. The van der Waals surface area contributed by atoms with Gasteiger partial charge in [-0.25, -0.2) is 9.97 Å². The Kier molecular flexibility index (Phi) is 7.17. The van der Waals surface area contributed by atoms with E-state index in [1.165, 1.54) is 17.3 Å². The van der Waals surface area contributed by atoms with Crippen LogP contribution in [0.3, 0.4) is 0 Å². The summed E-state index contributed by atoms with van der Waals surface area (Å²) < 4.78 is 0. The molecule has 1 aliphatic carbocycles. The lowest BCUT2D eigenvalue weighted by Crippen LogP contribution is -2.40. The second-order valence-corrected chi connectivity index (χ2v) is 11.3. The first-order chi connectivity index (χ1) is 18.2. The van der Waals surface area contributed by atoms with Crippen LogP contribution < -0.4 is 16.4 Å². The largest absolute Gasteiger partial charge is 0.382 e. The van der Waals surface area contributed by atoms with E-state index in [-0.39, 0.29) is 34.9 Å². The molecule has 2 aromatic carbocycles. The van der Waals surface area contributed by atoms with Gasteiger partial charge in [-0.1, -0.05) is 36.4 Å². The molecule has 5 rings (SSSR count). The first-order valence-corrected chi connectivity index (χ1v) is 13.3. The molecule has 0 radical (unpaired) electrons. The molecule has 1 aliphatic heterocycles. The van der Waals surface area contributed by atoms with E-state index in [0.717, 1.165) is 32.4 Å². The van der Waals surface area contributed by atoms with Crippen molar-refractivity contribution in [2.24, 2.45) is 5.92 Å². The first-order valence-electron chi connectivity index (χ1n) is 13.3. The molecule has 1 saturated heterocycles. The van der Waals surface area contributed by atoms with E-state index in [0.29, 0.717) is 29.3 Å². The molecule has 2 heterocycles. The van der Waals surface area contributed by atoms with Crippen LogP contribution in [0.1, 0.15) is 71.6 Å². The van der Waals surface area contributed by atoms with Crippen LogP contribution in [0.5, 0.6) is 0 Å². The number of amides is 2. The third kappa shape index (κ3) is 5.55. The molecule has 0 spiro atoms. The summed E-state index contributed by atoms with van der Waals surface area (Å²) in [6, 6.07) is 15.4. The number of nitrogens with one attached hydrogen (secondary N) is 2. The summed E-state index contributed by atoms with van der Waals surface area (Å²) in [6.45, 7) is 9.17. The Morgan fingerprint density at radius 2 is 1.89 bits per heavy atom. The minimum Gasteiger partial charge on any atom is -0.382 e. The summed E-state index contributed by atoms with van der Waals surface area (Å²) in [6.07, 6.45) is 4.43. The molecule has 3 aromatic rings. The van der Waals surface area contributed by atoms with Gasteiger partial charge < -0.3 is 16.4 Å². The van der Waals surface area contributed by atoms with Gasteiger partial charge in [-0.2, -0.15) is 0 Å². The van der Waals surface area contributed by atoms with Crippen LogP contribution in [0, 0.1) is 5.92 Å². The molecule has 2 aliphatic rings. The van der Waals surface area contributed by atoms with E-state index in [2.05, 4.69) is 58.4 Å². The van der Waals surface area contributed by atoms with Crippen molar-refractivity contribution in [2.75, 3.05) is 25.4 Å². The van der Waals surface area contributed by atoms with E-state index < -0.39 is 0 Å². The van der Waals surface area contributed by atoms with Gasteiger partial charge >= 0.3 is 0 Å². The highest BCUT2D eigenvalue weighted by atomic mass is 16.2. The number of nitrogens with zero attached hydrogens (tertiary/aromatic N) is 3. The fraction of sp³-hybridized carbons (Fsp3) is 0.400. The molecular formula is C30H36N6O2. The number of carbonyl (C=O) groups is 2. The summed E-state index contributed by atoms with van der Waals surface area (Å²) in [5.41, 5.74) is 10.4. The van der Waals surface area contributed by atoms with Crippen LogP contribution in [-0.4, -0.2) is 51.9 Å². The minimum atomic E-state index is -0.333. The molecule has 38 heavy (non-hydrogen) atoms. The van der Waals surface area contributed by atoms with Crippen molar-refractivity contribution < 1.29 is 9.59 Å². The fourth-order valence-electron chi connectivity index (χ4n) is 5.40. The van der Waals surface area contributed by atoms with Crippen molar-refractivity contribution in [2.45, 2.75) is 51.6 Å². The zero-order valence-electron chi connectivity index (χ0n) is 22.3. The molecular weight excluding hydrogens is 476 g/mol. The van der Waals surface area contributed by atoms with E-state index in [1.807, 2.05) is 24.3 Å². The molecule has 2 amide bonds. The highest BCUT2D eigenvalue weighted by Crippen LogP contribution is 2.31. The number of rotatable bonds is 6. The van der Waals surface area contributed by atoms with Gasteiger partial charge in [0.1, 0.15) is 0 Å². The summed E-state index contributed by atoms with van der Waals surface area (Å²) in [5, 5.41) is 6.16. The third-order valence-corrected chi connectivity index (χ3v) is 7.66. The Hall–Kier alpha value is -3.78. The Labute approximate surface area is 224 Å². The standard InChI is InChI=1S/C30H36N6O2/c1-30(2,3)36-14-13-19(18-36)16-33-29(38)26-27(31)32-17-25(34-26)21-8-6-9-22(15-21)28(37)35-24-12-11-20-7-4-5-10-23(20)24/h4-10,15,17,19,24H,11-14,16,18H2,1-3H3,(H2,31,32)(H,33,38)(H,35,37)/t19-,24-/m0/s1. The van der Waals surface area contributed by atoms with Gasteiger partial charge in [0.05, 0.1) is 17.9 Å². The maximum Gasteiger partial charge on any atom is 0.273 e. The number of benzene rings is 2. The van der Waals surface area contributed by atoms with Crippen LogP contribution >= 0.6 is 0 Å². The summed E-state index contributed by atoms with van der Waals surface area (Å²) in [4.78, 5) is 37.3. The fourth-order valence-corrected chi connectivity index (χ4v) is 5.40. The molecule has 0 bridgehead atoms. The quantitative estimate of drug-likeness (QED) is 0.460. The predicted octanol–water partition coefficient (Wildman–Crippen LogP) is 3.99. The Morgan fingerprint density at radius 1 is 1.08 bits per heavy atom. The topological polar surface area (TPSA) is 113 Å². The minimum absolute atomic E-state index is 0.00400. The Morgan fingerprint density at radius 3 is 2.68 bits per heavy atom. The molecule has 0 saturated carbocycles. The molecule has 8 nitrogen and oxygen atoms in total. The monoisotopic (exact) mass is 512 g/mol. The normalized spacial score (nSPS) is 19.2. The second-order valence-electron chi connectivity index (χ2n) is 11.3. The van der Waals surface area contributed by atoms with Crippen molar-refractivity contribution in [1.29, 1.82) is 0 Å². The van der Waals surface area contributed by atoms with Gasteiger partial charge in [-0.15, -0.1) is 0 Å². The number of hydrogen-bond donors (Lipinski definition) is 3. The molecule has 4 N–H and O–H groups in total. The lowest BCUT2D eigenvalue weighted by atomic mass is 10.1. The van der Waals surface area contributed by atoms with E-state index >= 15 is 0 Å². The van der Waals surface area contributed by atoms with Crippen LogP contribution in [0.2, 0.25) is 0 Å². The maximum atomic E-state index is 13.1. The number of anilines is 1. The van der Waals surface area contributed by atoms with Gasteiger partial charge in [-0.3, -0.25) is 14.5 Å². The van der Waals surface area contributed by atoms with Crippen molar-refractivity contribution in [3.05, 3.63) is 77.1 Å². The van der Waals surface area contributed by atoms with Crippen molar-refractivity contribution in [1.82, 2.24) is 25.5 Å². The van der Waals surface area contributed by atoms with Crippen LogP contribution in [0.4, 0.5) is 5.82 Å². The number of likely N-dealkylation sites (tertiary alicyclic amines) is 1. The number of carbonyl (C=O) groups excluding carboxylic acids is 2. The predicted molar refractivity (Wildman–Crippen MR) is 149 cm³/mol. The second kappa shape index (κ2) is 10.5. The van der Waals surface area contributed by atoms with Crippen molar-refractivity contribution in [3.8, 4) is 11.3 Å². The van der Waals surface area contributed by atoms with Gasteiger partial charge in [0.2, 0.25) is 0 Å². The zero-order chi connectivity index (χ0) is 26.9. The SMILES string of the molecule is CC(C)(C)N1CC[C@@H](CNC(=O)c2nc(-c3cccc(C(=O)N[C@H]4CCc5ccccc54)c3)cnc2N)C1. The number of nitrogen functional groups attached to an aromatic ring is 1. The molecule has 8 heteroatoms. The third-order valence-electron chi connectivity index (χ3n) is 7.66. The number of aromatic nitrogens is 2. The summed E-state index contributed by atoms with van der Waals surface area (Å²) in [7, 11) is 0. The smallest absolute Gasteiger partial charge is 0.273 e. The molecule has 2 atom stereocenters.